The van der Waals surface area contributed by atoms with Gasteiger partial charge in [0, 0.05) is 31.1 Å². The Kier molecular flexibility index (Phi) is 4.57. The zero-order valence-corrected chi connectivity index (χ0v) is 10.6. The highest BCUT2D eigenvalue weighted by atomic mass is 32.2. The summed E-state index contributed by atoms with van der Waals surface area (Å²) in [7, 11) is 0. The molecule has 2 rings (SSSR count). The highest BCUT2D eigenvalue weighted by Crippen LogP contribution is 2.18. The molecule has 16 heavy (non-hydrogen) atoms. The summed E-state index contributed by atoms with van der Waals surface area (Å²) in [5, 5.41) is 0. The topological polar surface area (TPSA) is 41.6 Å². The van der Waals surface area contributed by atoms with Crippen LogP contribution in [0.5, 0.6) is 0 Å². The standard InChI is InChI=1S/C12H21N3S/c13-12(15-6-8-16-9-7-15)14-10-11-4-2-1-3-5-11/h1-2,11H,3-10H2,(H2,13,14)/t11-/m0/s1. The van der Waals surface area contributed by atoms with Crippen LogP contribution in [-0.2, 0) is 0 Å². The number of nitrogens with zero attached hydrogens (tertiary/aromatic N) is 2. The van der Waals surface area contributed by atoms with Crippen LogP contribution in [0.3, 0.4) is 0 Å². The molecule has 3 nitrogen and oxygen atoms in total. The molecule has 0 amide bonds. The molecule has 1 aliphatic heterocycles. The van der Waals surface area contributed by atoms with Gasteiger partial charge in [0.2, 0.25) is 0 Å². The molecule has 90 valence electrons. The molecule has 1 aliphatic carbocycles. The Balaban J connectivity index is 1.78. The largest absolute Gasteiger partial charge is 0.370 e. The maximum Gasteiger partial charge on any atom is 0.191 e. The van der Waals surface area contributed by atoms with E-state index < -0.39 is 0 Å². The smallest absolute Gasteiger partial charge is 0.191 e. The van der Waals surface area contributed by atoms with Gasteiger partial charge in [0.15, 0.2) is 5.96 Å². The minimum atomic E-state index is 0.711. The third-order valence-electron chi connectivity index (χ3n) is 3.22. The van der Waals surface area contributed by atoms with Crippen LogP contribution >= 0.6 is 11.8 Å². The molecular weight excluding hydrogens is 218 g/mol. The summed E-state index contributed by atoms with van der Waals surface area (Å²) in [6.07, 6.45) is 8.19. The molecule has 1 saturated heterocycles. The van der Waals surface area contributed by atoms with Gasteiger partial charge in [-0.15, -0.1) is 0 Å². The van der Waals surface area contributed by atoms with Crippen LogP contribution in [0.15, 0.2) is 17.1 Å². The molecule has 2 N–H and O–H groups in total. The van der Waals surface area contributed by atoms with Gasteiger partial charge in [0.25, 0.3) is 0 Å². The molecule has 0 bridgehead atoms. The molecule has 0 aromatic carbocycles. The monoisotopic (exact) mass is 239 g/mol. The van der Waals surface area contributed by atoms with Crippen molar-refractivity contribution >= 4 is 17.7 Å². The maximum absolute atomic E-state index is 6.01. The summed E-state index contributed by atoms with van der Waals surface area (Å²) in [5.74, 6) is 3.84. The van der Waals surface area contributed by atoms with Crippen molar-refractivity contribution in [3.63, 3.8) is 0 Å². The van der Waals surface area contributed by atoms with E-state index in [-0.39, 0.29) is 0 Å². The SMILES string of the molecule is NC(=NC[C@H]1CC=CCC1)N1CCSCC1. The average Bonchev–Trinajstić information content (AvgIpc) is 2.38. The van der Waals surface area contributed by atoms with Crippen LogP contribution in [-0.4, -0.2) is 42.0 Å². The van der Waals surface area contributed by atoms with E-state index >= 15 is 0 Å². The molecule has 1 atom stereocenters. The molecule has 2 aliphatic rings. The summed E-state index contributed by atoms with van der Waals surface area (Å²) in [6, 6.07) is 0. The molecule has 0 unspecified atom stereocenters. The van der Waals surface area contributed by atoms with Crippen LogP contribution in [0.4, 0.5) is 0 Å². The second-order valence-corrected chi connectivity index (χ2v) is 5.67. The average molecular weight is 239 g/mol. The van der Waals surface area contributed by atoms with E-state index in [1.54, 1.807) is 0 Å². The first-order valence-electron chi connectivity index (χ1n) is 6.14. The van der Waals surface area contributed by atoms with Crippen LogP contribution in [0.2, 0.25) is 0 Å². The number of nitrogens with two attached hydrogens (primary N) is 1. The van der Waals surface area contributed by atoms with E-state index in [9.17, 15) is 0 Å². The number of thioether (sulfide) groups is 1. The summed E-state index contributed by atoms with van der Waals surface area (Å²) < 4.78 is 0. The predicted molar refractivity (Wildman–Crippen MR) is 71.9 cm³/mol. The number of aliphatic imine (C=N–C) groups is 1. The number of allylic oxidation sites excluding steroid dienone is 2. The van der Waals surface area contributed by atoms with Crippen molar-refractivity contribution in [2.75, 3.05) is 31.1 Å². The zero-order chi connectivity index (χ0) is 11.2. The predicted octanol–water partition coefficient (Wildman–Crippen LogP) is 1.71. The van der Waals surface area contributed by atoms with Crippen LogP contribution in [0.1, 0.15) is 19.3 Å². The second-order valence-electron chi connectivity index (χ2n) is 4.45. The Morgan fingerprint density at radius 2 is 2.19 bits per heavy atom. The lowest BCUT2D eigenvalue weighted by atomic mass is 9.95. The van der Waals surface area contributed by atoms with Gasteiger partial charge < -0.3 is 10.6 Å². The van der Waals surface area contributed by atoms with Gasteiger partial charge in [-0.25, -0.2) is 0 Å². The van der Waals surface area contributed by atoms with Crippen LogP contribution < -0.4 is 5.73 Å². The molecular formula is C12H21N3S. The minimum absolute atomic E-state index is 0.711. The van der Waals surface area contributed by atoms with Crippen molar-refractivity contribution in [1.82, 2.24) is 4.90 Å². The van der Waals surface area contributed by atoms with E-state index in [0.717, 1.165) is 25.6 Å². The Labute approximate surface area is 102 Å². The van der Waals surface area contributed by atoms with Crippen LogP contribution in [0, 0.1) is 5.92 Å². The first-order chi connectivity index (χ1) is 7.86. The van der Waals surface area contributed by atoms with Gasteiger partial charge >= 0.3 is 0 Å². The van der Waals surface area contributed by atoms with Gasteiger partial charge in [-0.3, -0.25) is 4.99 Å². The van der Waals surface area contributed by atoms with Crippen molar-refractivity contribution in [1.29, 1.82) is 0 Å². The molecule has 1 heterocycles. The molecule has 1 fully saturated rings. The van der Waals surface area contributed by atoms with Crippen molar-refractivity contribution < 1.29 is 0 Å². The van der Waals surface area contributed by atoms with Crippen molar-refractivity contribution in [2.24, 2.45) is 16.6 Å². The molecule has 0 aromatic rings. The van der Waals surface area contributed by atoms with Gasteiger partial charge in [-0.2, -0.15) is 11.8 Å². The Morgan fingerprint density at radius 1 is 1.38 bits per heavy atom. The molecule has 0 saturated carbocycles. The number of rotatable bonds is 2. The molecule has 0 aromatic heterocycles. The van der Waals surface area contributed by atoms with Gasteiger partial charge in [0.05, 0.1) is 0 Å². The normalized spacial score (nSPS) is 27.1. The van der Waals surface area contributed by atoms with E-state index in [4.69, 9.17) is 5.73 Å². The summed E-state index contributed by atoms with van der Waals surface area (Å²) in [6.45, 7) is 3.02. The fraction of sp³-hybridized carbons (Fsp3) is 0.750. The zero-order valence-electron chi connectivity index (χ0n) is 9.77. The van der Waals surface area contributed by atoms with Crippen molar-refractivity contribution in [2.45, 2.75) is 19.3 Å². The maximum atomic E-state index is 6.01. The third-order valence-corrected chi connectivity index (χ3v) is 4.17. The fourth-order valence-electron chi connectivity index (χ4n) is 2.14. The van der Waals surface area contributed by atoms with Gasteiger partial charge in [0.1, 0.15) is 0 Å². The summed E-state index contributed by atoms with van der Waals surface area (Å²) in [5.41, 5.74) is 6.01. The number of hydrogen-bond donors (Lipinski definition) is 1. The van der Waals surface area contributed by atoms with E-state index in [1.807, 2.05) is 11.8 Å². The van der Waals surface area contributed by atoms with Gasteiger partial charge in [-0.1, -0.05) is 12.2 Å². The van der Waals surface area contributed by atoms with Gasteiger partial charge in [-0.05, 0) is 25.2 Å². The van der Waals surface area contributed by atoms with E-state index in [2.05, 4.69) is 22.0 Å². The first-order valence-corrected chi connectivity index (χ1v) is 7.29. The van der Waals surface area contributed by atoms with Crippen molar-refractivity contribution in [3.05, 3.63) is 12.2 Å². The van der Waals surface area contributed by atoms with Crippen LogP contribution in [0.25, 0.3) is 0 Å². The minimum Gasteiger partial charge on any atom is -0.370 e. The van der Waals surface area contributed by atoms with E-state index in [0.29, 0.717) is 5.92 Å². The molecule has 4 heteroatoms. The fourth-order valence-corrected chi connectivity index (χ4v) is 3.04. The van der Waals surface area contributed by atoms with E-state index in [1.165, 1.54) is 30.8 Å². The molecule has 0 radical (unpaired) electrons. The highest BCUT2D eigenvalue weighted by molar-refractivity contribution is 7.99. The first kappa shape index (κ1) is 11.8. The quantitative estimate of drug-likeness (QED) is 0.453. The Bertz CT molecular complexity index is 269. The summed E-state index contributed by atoms with van der Waals surface area (Å²) >= 11 is 2.00. The van der Waals surface area contributed by atoms with Crippen molar-refractivity contribution in [3.8, 4) is 0 Å². The Morgan fingerprint density at radius 3 is 2.88 bits per heavy atom. The number of hydrogen-bond acceptors (Lipinski definition) is 2. The number of guanidine groups is 1. The third kappa shape index (κ3) is 3.44. The lowest BCUT2D eigenvalue weighted by Crippen LogP contribution is -2.42. The summed E-state index contributed by atoms with van der Waals surface area (Å²) in [4.78, 5) is 6.77. The highest BCUT2D eigenvalue weighted by Gasteiger charge is 2.13. The lowest BCUT2D eigenvalue weighted by Gasteiger charge is -2.27. The second kappa shape index (κ2) is 6.18. The Hall–Kier alpha value is -0.640. The molecule has 0 spiro atoms. The lowest BCUT2D eigenvalue weighted by molar-refractivity contribution is 0.445.